The first kappa shape index (κ1) is 65.7. The van der Waals surface area contributed by atoms with Crippen LogP contribution in [0.5, 0.6) is 0 Å². The molecule has 0 saturated heterocycles. The molecule has 0 fully saturated rings. The van der Waals surface area contributed by atoms with Crippen LogP contribution in [0.3, 0.4) is 0 Å². The number of rotatable bonds is 61. The maximum absolute atomic E-state index is 11.5. The molecule has 0 aromatic rings. The molecule has 1 atom stereocenters. The van der Waals surface area contributed by atoms with Gasteiger partial charge in [0.05, 0.1) is 264 Å². The first-order valence-corrected chi connectivity index (χ1v) is 24.0. The summed E-state index contributed by atoms with van der Waals surface area (Å²) in [6, 6.07) is 0. The van der Waals surface area contributed by atoms with Gasteiger partial charge in [-0.3, -0.25) is 4.79 Å². The molecule has 402 valence electrons. The van der Waals surface area contributed by atoms with E-state index in [9.17, 15) is 4.79 Å². The topological polar surface area (TPSA) is 222 Å². The van der Waals surface area contributed by atoms with Gasteiger partial charge >= 0.3 is 5.97 Å². The van der Waals surface area contributed by atoms with Crippen molar-refractivity contribution in [3.8, 4) is 0 Å². The quantitative estimate of drug-likeness (QED) is 0.0660. The van der Waals surface area contributed by atoms with Crippen molar-refractivity contribution in [2.75, 3.05) is 264 Å². The van der Waals surface area contributed by atoms with E-state index in [-0.39, 0.29) is 25.1 Å². The van der Waals surface area contributed by atoms with Gasteiger partial charge in [-0.1, -0.05) is 13.8 Å². The molecule has 1 N–H and O–H groups in total. The number of aliphatic hydroxyl groups is 1. The van der Waals surface area contributed by atoms with Crippen molar-refractivity contribution >= 4 is 5.97 Å². The molecule has 0 aliphatic rings. The smallest absolute Gasteiger partial charge is 0.308 e. The lowest BCUT2D eigenvalue weighted by Gasteiger charge is -2.10. The summed E-state index contributed by atoms with van der Waals surface area (Å²) in [5.74, 6) is -0.270. The van der Waals surface area contributed by atoms with Gasteiger partial charge in [0.15, 0.2) is 0 Å². The van der Waals surface area contributed by atoms with Crippen LogP contribution in [0.25, 0.3) is 0 Å². The fourth-order valence-corrected chi connectivity index (χ4v) is 4.64. The first-order chi connectivity index (χ1) is 33.2. The number of hydrogen-bond acceptors (Lipinski definition) is 22. The van der Waals surface area contributed by atoms with Crippen LogP contribution in [0.2, 0.25) is 0 Å². The van der Waals surface area contributed by atoms with E-state index in [4.69, 9.17) is 99.8 Å². The molecule has 22 nitrogen and oxygen atoms in total. The van der Waals surface area contributed by atoms with Crippen LogP contribution in [0, 0.1) is 5.92 Å². The van der Waals surface area contributed by atoms with E-state index in [1.165, 1.54) is 0 Å². The maximum Gasteiger partial charge on any atom is 0.308 e. The molecule has 0 heterocycles. The summed E-state index contributed by atoms with van der Waals surface area (Å²) in [7, 11) is 0. The van der Waals surface area contributed by atoms with Crippen molar-refractivity contribution in [1.29, 1.82) is 0 Å². The minimum Gasteiger partial charge on any atom is -0.463 e. The van der Waals surface area contributed by atoms with Gasteiger partial charge in [-0.25, -0.2) is 0 Å². The highest BCUT2D eigenvalue weighted by atomic mass is 16.6. The van der Waals surface area contributed by atoms with E-state index in [0.717, 1.165) is 6.42 Å². The van der Waals surface area contributed by atoms with E-state index in [2.05, 4.69) is 0 Å². The Labute approximate surface area is 400 Å². The van der Waals surface area contributed by atoms with Crippen molar-refractivity contribution in [3.05, 3.63) is 0 Å². The van der Waals surface area contributed by atoms with Gasteiger partial charge in [0.1, 0.15) is 6.61 Å². The number of ether oxygens (including phenoxy) is 20. The lowest BCUT2D eigenvalue weighted by atomic mass is 10.1. The average molecular weight is 983 g/mol. The summed E-state index contributed by atoms with van der Waals surface area (Å²) >= 11 is 0. The predicted molar refractivity (Wildman–Crippen MR) is 243 cm³/mol. The summed E-state index contributed by atoms with van der Waals surface area (Å²) < 4.78 is 109. The number of carbonyl (C=O) groups excluding carboxylic acids is 1. The molecule has 22 heteroatoms. The van der Waals surface area contributed by atoms with Gasteiger partial charge in [0.25, 0.3) is 0 Å². The predicted octanol–water partition coefficient (Wildman–Crippen LogP) is 0.883. The molecular weight excluding hydrogens is 892 g/mol. The van der Waals surface area contributed by atoms with Gasteiger partial charge in [0, 0.05) is 0 Å². The van der Waals surface area contributed by atoms with Crippen molar-refractivity contribution in [2.45, 2.75) is 20.3 Å². The molecule has 0 bridgehead atoms. The average Bonchev–Trinajstić information content (AvgIpc) is 3.34. The lowest BCUT2D eigenvalue weighted by molar-refractivity contribution is -0.149. The second-order valence-corrected chi connectivity index (χ2v) is 13.8. The third-order valence-electron chi connectivity index (χ3n) is 8.42. The lowest BCUT2D eigenvalue weighted by Crippen LogP contribution is -2.18. The Balaban J connectivity index is 3.09. The third kappa shape index (κ3) is 58.9. The summed E-state index contributed by atoms with van der Waals surface area (Å²) in [5, 5.41) is 8.60. The minimum atomic E-state index is -0.189. The van der Waals surface area contributed by atoms with E-state index >= 15 is 0 Å². The highest BCUT2D eigenvalue weighted by molar-refractivity contribution is 5.71. The van der Waals surface area contributed by atoms with Crippen LogP contribution in [0.15, 0.2) is 0 Å². The Morgan fingerprint density at radius 2 is 0.403 bits per heavy atom. The van der Waals surface area contributed by atoms with E-state index < -0.39 is 0 Å². The molecule has 0 saturated carbocycles. The summed E-state index contributed by atoms with van der Waals surface area (Å²) in [6.45, 7) is 22.2. The van der Waals surface area contributed by atoms with Crippen molar-refractivity contribution < 1.29 is 105 Å². The molecule has 0 aliphatic heterocycles. The van der Waals surface area contributed by atoms with E-state index in [1.54, 1.807) is 0 Å². The molecule has 67 heavy (non-hydrogen) atoms. The highest BCUT2D eigenvalue weighted by Gasteiger charge is 2.11. The fraction of sp³-hybridized carbons (Fsp3) is 0.978. The zero-order valence-corrected chi connectivity index (χ0v) is 41.1. The molecule has 0 amide bonds. The summed E-state index contributed by atoms with van der Waals surface area (Å²) in [5.41, 5.74) is 0. The van der Waals surface area contributed by atoms with Crippen LogP contribution in [0.4, 0.5) is 0 Å². The molecule has 1 unspecified atom stereocenters. The number of aliphatic hydroxyl groups excluding tert-OH is 1. The second kappa shape index (κ2) is 60.8. The van der Waals surface area contributed by atoms with Crippen LogP contribution in [0.1, 0.15) is 20.3 Å². The molecule has 0 radical (unpaired) electrons. The van der Waals surface area contributed by atoms with Crippen molar-refractivity contribution in [2.24, 2.45) is 5.92 Å². The number of esters is 1. The van der Waals surface area contributed by atoms with Crippen LogP contribution < -0.4 is 0 Å². The Bertz CT molecular complexity index is 915. The van der Waals surface area contributed by atoms with E-state index in [0.29, 0.717) is 251 Å². The molecule has 0 spiro atoms. The fourth-order valence-electron chi connectivity index (χ4n) is 4.64. The molecular formula is C45H90O22. The minimum absolute atomic E-state index is 0.0186. The molecule has 0 aromatic carbocycles. The standard InChI is InChI=1S/C45H90O22/c1-3-44(2)45(47)67-43-42-66-41-40-65-39-38-64-37-36-63-35-34-62-33-32-61-31-30-60-29-28-59-27-26-58-25-24-57-23-22-56-21-20-55-19-18-54-17-16-53-15-14-52-13-12-51-11-10-50-9-8-49-7-6-48-5-4-46/h44,46H,3-43H2,1-2H3. The zero-order valence-electron chi connectivity index (χ0n) is 41.1. The van der Waals surface area contributed by atoms with Crippen molar-refractivity contribution in [1.82, 2.24) is 0 Å². The monoisotopic (exact) mass is 983 g/mol. The zero-order chi connectivity index (χ0) is 48.3. The van der Waals surface area contributed by atoms with Gasteiger partial charge in [0.2, 0.25) is 0 Å². The second-order valence-electron chi connectivity index (χ2n) is 13.8. The maximum atomic E-state index is 11.5. The Kier molecular flexibility index (Phi) is 59.6. The Morgan fingerprint density at radius 3 is 0.537 bits per heavy atom. The molecule has 0 aliphatic carbocycles. The summed E-state index contributed by atoms with van der Waals surface area (Å²) in [6.07, 6.45) is 0.765. The van der Waals surface area contributed by atoms with Crippen LogP contribution in [-0.2, 0) is 99.5 Å². The summed E-state index contributed by atoms with van der Waals surface area (Å²) in [4.78, 5) is 11.5. The Morgan fingerprint density at radius 1 is 0.269 bits per heavy atom. The third-order valence-corrected chi connectivity index (χ3v) is 8.42. The van der Waals surface area contributed by atoms with Gasteiger partial charge in [-0.05, 0) is 6.42 Å². The van der Waals surface area contributed by atoms with Gasteiger partial charge in [-0.15, -0.1) is 0 Å². The largest absolute Gasteiger partial charge is 0.463 e. The molecule has 0 aromatic heterocycles. The van der Waals surface area contributed by atoms with Gasteiger partial charge < -0.3 is 99.8 Å². The highest BCUT2D eigenvalue weighted by Crippen LogP contribution is 2.02. The van der Waals surface area contributed by atoms with Crippen LogP contribution in [-0.4, -0.2) is 275 Å². The van der Waals surface area contributed by atoms with Gasteiger partial charge in [-0.2, -0.15) is 0 Å². The number of carbonyl (C=O) groups is 1. The normalized spacial score (nSPS) is 12.1. The first-order valence-electron chi connectivity index (χ1n) is 24.0. The number of hydrogen-bond donors (Lipinski definition) is 1. The van der Waals surface area contributed by atoms with Crippen molar-refractivity contribution in [3.63, 3.8) is 0 Å². The Hall–Kier alpha value is -1.33. The molecule has 0 rings (SSSR count). The SMILES string of the molecule is CCC(C)C(=O)OCCOCCOCCOCCOCCOCCOCCOCCOCCOCCOCCOCCOCCOCCOCCOCCOCCOCCOCCOCCO. The van der Waals surface area contributed by atoms with E-state index in [1.807, 2.05) is 13.8 Å². The van der Waals surface area contributed by atoms with Crippen LogP contribution >= 0.6 is 0 Å².